The van der Waals surface area contributed by atoms with E-state index >= 15 is 0 Å². The number of ketones is 1. The molecule has 0 aromatic rings. The Morgan fingerprint density at radius 1 is 1.30 bits per heavy atom. The average molecular weight is 142 g/mol. The van der Waals surface area contributed by atoms with Crippen LogP contribution in [0.25, 0.3) is 0 Å². The SMILES string of the molecule is CCC(CC)C(C)C(C)=O. The maximum atomic E-state index is 10.9. The van der Waals surface area contributed by atoms with Gasteiger partial charge in [0.05, 0.1) is 0 Å². The minimum Gasteiger partial charge on any atom is -0.300 e. The molecule has 0 saturated heterocycles. The van der Waals surface area contributed by atoms with E-state index in [4.69, 9.17) is 0 Å². The molecule has 0 heterocycles. The topological polar surface area (TPSA) is 17.1 Å². The standard InChI is InChI=1S/C9H18O/c1-5-9(6-2)7(3)8(4)10/h7,9H,5-6H2,1-4H3. The van der Waals surface area contributed by atoms with E-state index in [-0.39, 0.29) is 5.92 Å². The molecule has 0 aromatic heterocycles. The zero-order valence-corrected chi connectivity index (χ0v) is 7.48. The Bertz CT molecular complexity index is 103. The van der Waals surface area contributed by atoms with Gasteiger partial charge in [0.2, 0.25) is 0 Å². The van der Waals surface area contributed by atoms with Crippen LogP contribution in [0.4, 0.5) is 0 Å². The highest BCUT2D eigenvalue weighted by Crippen LogP contribution is 2.19. The lowest BCUT2D eigenvalue weighted by atomic mass is 9.87. The summed E-state index contributed by atoms with van der Waals surface area (Å²) in [6.45, 7) is 8.00. The van der Waals surface area contributed by atoms with Crippen molar-refractivity contribution in [1.82, 2.24) is 0 Å². The van der Waals surface area contributed by atoms with Crippen LogP contribution >= 0.6 is 0 Å². The summed E-state index contributed by atoms with van der Waals surface area (Å²) in [7, 11) is 0. The highest BCUT2D eigenvalue weighted by atomic mass is 16.1. The number of hydrogen-bond acceptors (Lipinski definition) is 1. The van der Waals surface area contributed by atoms with Gasteiger partial charge >= 0.3 is 0 Å². The molecule has 1 heteroatoms. The van der Waals surface area contributed by atoms with Crippen molar-refractivity contribution in [3.05, 3.63) is 0 Å². The second-order valence-electron chi connectivity index (χ2n) is 2.98. The highest BCUT2D eigenvalue weighted by molar-refractivity contribution is 5.78. The summed E-state index contributed by atoms with van der Waals surface area (Å²) in [6.07, 6.45) is 2.24. The predicted molar refractivity (Wildman–Crippen MR) is 43.9 cm³/mol. The summed E-state index contributed by atoms with van der Waals surface area (Å²) >= 11 is 0. The lowest BCUT2D eigenvalue weighted by molar-refractivity contribution is -0.121. The van der Waals surface area contributed by atoms with Gasteiger partial charge < -0.3 is 0 Å². The molecule has 0 spiro atoms. The number of hydrogen-bond donors (Lipinski definition) is 0. The van der Waals surface area contributed by atoms with Crippen LogP contribution in [0.2, 0.25) is 0 Å². The molecular formula is C9H18O. The normalized spacial score (nSPS) is 13.7. The molecule has 0 radical (unpaired) electrons. The first-order chi connectivity index (χ1) is 4.63. The van der Waals surface area contributed by atoms with E-state index in [2.05, 4.69) is 13.8 Å². The van der Waals surface area contributed by atoms with Gasteiger partial charge in [0.15, 0.2) is 0 Å². The molecule has 10 heavy (non-hydrogen) atoms. The van der Waals surface area contributed by atoms with Gasteiger partial charge in [0.25, 0.3) is 0 Å². The van der Waals surface area contributed by atoms with Crippen molar-refractivity contribution >= 4 is 5.78 Å². The molecule has 60 valence electrons. The summed E-state index contributed by atoms with van der Waals surface area (Å²) in [5.41, 5.74) is 0. The smallest absolute Gasteiger partial charge is 0.132 e. The summed E-state index contributed by atoms with van der Waals surface area (Å²) in [5, 5.41) is 0. The van der Waals surface area contributed by atoms with Crippen LogP contribution in [0, 0.1) is 11.8 Å². The van der Waals surface area contributed by atoms with Gasteiger partial charge in [-0.2, -0.15) is 0 Å². The zero-order valence-electron chi connectivity index (χ0n) is 7.48. The van der Waals surface area contributed by atoms with Crippen LogP contribution in [0.1, 0.15) is 40.5 Å². The van der Waals surface area contributed by atoms with Gasteiger partial charge in [0.1, 0.15) is 5.78 Å². The Morgan fingerprint density at radius 3 is 1.80 bits per heavy atom. The monoisotopic (exact) mass is 142 g/mol. The Hall–Kier alpha value is -0.330. The molecule has 1 nitrogen and oxygen atoms in total. The van der Waals surface area contributed by atoms with E-state index in [1.54, 1.807) is 6.92 Å². The predicted octanol–water partition coefficient (Wildman–Crippen LogP) is 2.65. The minimum absolute atomic E-state index is 0.259. The fourth-order valence-corrected chi connectivity index (χ4v) is 1.33. The Morgan fingerprint density at radius 2 is 1.70 bits per heavy atom. The fraction of sp³-hybridized carbons (Fsp3) is 0.889. The van der Waals surface area contributed by atoms with E-state index in [0.29, 0.717) is 11.7 Å². The molecule has 0 aromatic carbocycles. The molecule has 1 unspecified atom stereocenters. The molecule has 0 N–H and O–H groups in total. The zero-order chi connectivity index (χ0) is 8.15. The number of carbonyl (C=O) groups excluding carboxylic acids is 1. The lowest BCUT2D eigenvalue weighted by Gasteiger charge is -2.17. The van der Waals surface area contributed by atoms with Crippen LogP contribution in [0.5, 0.6) is 0 Å². The second kappa shape index (κ2) is 4.48. The highest BCUT2D eigenvalue weighted by Gasteiger charge is 2.16. The molecule has 0 bridgehead atoms. The fourth-order valence-electron chi connectivity index (χ4n) is 1.33. The van der Waals surface area contributed by atoms with Crippen molar-refractivity contribution in [3.63, 3.8) is 0 Å². The third-order valence-corrected chi connectivity index (χ3v) is 2.40. The molecular weight excluding hydrogens is 124 g/mol. The van der Waals surface area contributed by atoms with Crippen molar-refractivity contribution in [1.29, 1.82) is 0 Å². The van der Waals surface area contributed by atoms with Gasteiger partial charge in [0, 0.05) is 5.92 Å². The molecule has 0 fully saturated rings. The van der Waals surface area contributed by atoms with Crippen molar-refractivity contribution in [2.45, 2.75) is 40.5 Å². The van der Waals surface area contributed by atoms with E-state index in [0.717, 1.165) is 12.8 Å². The molecule has 0 aliphatic carbocycles. The van der Waals surface area contributed by atoms with Gasteiger partial charge in [-0.25, -0.2) is 0 Å². The molecule has 0 saturated carbocycles. The van der Waals surface area contributed by atoms with Gasteiger partial charge in [-0.15, -0.1) is 0 Å². The Labute approximate surface area is 63.8 Å². The molecule has 0 aliphatic rings. The Balaban J connectivity index is 3.88. The van der Waals surface area contributed by atoms with Crippen LogP contribution < -0.4 is 0 Å². The van der Waals surface area contributed by atoms with Crippen molar-refractivity contribution in [3.8, 4) is 0 Å². The van der Waals surface area contributed by atoms with Crippen LogP contribution in [0.3, 0.4) is 0 Å². The maximum Gasteiger partial charge on any atom is 0.132 e. The van der Waals surface area contributed by atoms with Gasteiger partial charge in [-0.05, 0) is 12.8 Å². The van der Waals surface area contributed by atoms with Gasteiger partial charge in [-0.1, -0.05) is 33.6 Å². The first kappa shape index (κ1) is 9.67. The lowest BCUT2D eigenvalue weighted by Crippen LogP contribution is -2.17. The summed E-state index contributed by atoms with van der Waals surface area (Å²) in [6, 6.07) is 0. The van der Waals surface area contributed by atoms with Crippen molar-refractivity contribution in [2.24, 2.45) is 11.8 Å². The average Bonchev–Trinajstić information content (AvgIpc) is 1.90. The maximum absolute atomic E-state index is 10.9. The molecule has 0 rings (SSSR count). The van der Waals surface area contributed by atoms with Crippen molar-refractivity contribution < 1.29 is 4.79 Å². The molecule has 0 amide bonds. The number of carbonyl (C=O) groups is 1. The summed E-state index contributed by atoms with van der Waals surface area (Å²) in [4.78, 5) is 10.9. The molecule has 0 aliphatic heterocycles. The second-order valence-corrected chi connectivity index (χ2v) is 2.98. The first-order valence-corrected chi connectivity index (χ1v) is 4.13. The molecule has 1 atom stereocenters. The van der Waals surface area contributed by atoms with E-state index in [1.807, 2.05) is 6.92 Å². The first-order valence-electron chi connectivity index (χ1n) is 4.13. The van der Waals surface area contributed by atoms with Crippen LogP contribution in [-0.2, 0) is 4.79 Å². The minimum atomic E-state index is 0.259. The number of rotatable bonds is 4. The van der Waals surface area contributed by atoms with Crippen LogP contribution in [0.15, 0.2) is 0 Å². The van der Waals surface area contributed by atoms with E-state index < -0.39 is 0 Å². The van der Waals surface area contributed by atoms with Crippen molar-refractivity contribution in [2.75, 3.05) is 0 Å². The third kappa shape index (κ3) is 2.51. The summed E-state index contributed by atoms with van der Waals surface area (Å²) < 4.78 is 0. The van der Waals surface area contributed by atoms with Crippen LogP contribution in [-0.4, -0.2) is 5.78 Å². The number of Topliss-reactive ketones (excluding diaryl/α,β-unsaturated/α-hetero) is 1. The van der Waals surface area contributed by atoms with E-state index in [9.17, 15) is 4.79 Å². The quantitative estimate of drug-likeness (QED) is 0.589. The largest absolute Gasteiger partial charge is 0.300 e. The van der Waals surface area contributed by atoms with E-state index in [1.165, 1.54) is 0 Å². The third-order valence-electron chi connectivity index (χ3n) is 2.40. The summed E-state index contributed by atoms with van der Waals surface area (Å²) in [5.74, 6) is 1.18. The Kier molecular flexibility index (Phi) is 4.33. The van der Waals surface area contributed by atoms with Gasteiger partial charge in [-0.3, -0.25) is 4.79 Å².